The topological polar surface area (TPSA) is 38.3 Å². The molecule has 120 valence electrons. The van der Waals surface area contributed by atoms with Crippen LogP contribution in [0.4, 0.5) is 0 Å². The lowest BCUT2D eigenvalue weighted by Gasteiger charge is -2.30. The normalized spacial score (nSPS) is 19.9. The van der Waals surface area contributed by atoms with Gasteiger partial charge in [0, 0.05) is 6.04 Å². The van der Waals surface area contributed by atoms with Crippen molar-refractivity contribution in [2.24, 2.45) is 0 Å². The van der Waals surface area contributed by atoms with Gasteiger partial charge in [-0.3, -0.25) is 4.79 Å². The van der Waals surface area contributed by atoms with Gasteiger partial charge in [-0.25, -0.2) is 4.84 Å². The van der Waals surface area contributed by atoms with Crippen LogP contribution in [-0.2, 0) is 16.0 Å². The molecule has 0 spiro atoms. The smallest absolute Gasteiger partial charge is 0.313 e. The highest BCUT2D eigenvalue weighted by molar-refractivity contribution is 6.13. The van der Waals surface area contributed by atoms with Crippen LogP contribution in [0.2, 0.25) is 0 Å². The van der Waals surface area contributed by atoms with Crippen molar-refractivity contribution in [3.8, 4) is 11.1 Å². The molecule has 0 fully saturated rings. The minimum atomic E-state index is -0.265. The number of benzene rings is 2. The third kappa shape index (κ3) is 3.41. The summed E-state index contributed by atoms with van der Waals surface area (Å²) < 4.78 is 5.27. The summed E-state index contributed by atoms with van der Waals surface area (Å²) >= 11 is 5.82. The summed E-state index contributed by atoms with van der Waals surface area (Å²) in [7, 11) is 0. The molecule has 2 aromatic carbocycles. The molecule has 0 amide bonds. The monoisotopic (exact) mass is 329 g/mol. The number of ether oxygens (including phenoxy) is 1. The molecule has 0 saturated carbocycles. The van der Waals surface area contributed by atoms with Gasteiger partial charge in [-0.05, 0) is 53.8 Å². The van der Waals surface area contributed by atoms with E-state index < -0.39 is 0 Å². The largest absolute Gasteiger partial charge is 0.466 e. The number of halogens is 1. The third-order valence-corrected chi connectivity index (χ3v) is 4.65. The van der Waals surface area contributed by atoms with Crippen LogP contribution in [0.1, 0.15) is 30.4 Å². The summed E-state index contributed by atoms with van der Waals surface area (Å²) in [5.74, 6) is -0.436. The van der Waals surface area contributed by atoms with Gasteiger partial charge in [-0.1, -0.05) is 48.5 Å². The lowest BCUT2D eigenvalue weighted by Crippen LogP contribution is -2.34. The number of nitrogens with one attached hydrogen (secondary N) is 1. The molecule has 0 heterocycles. The van der Waals surface area contributed by atoms with Crippen LogP contribution in [0.25, 0.3) is 11.1 Å². The van der Waals surface area contributed by atoms with Crippen molar-refractivity contribution in [1.29, 1.82) is 0 Å². The molecular formula is C19H20ClNO2. The SMILES string of the molecule is CCOC(=O)[C@@H]1C[C@@H](NCl)Cc2ccc(-c3ccccc3)cc21. The van der Waals surface area contributed by atoms with Gasteiger partial charge in [-0.2, -0.15) is 0 Å². The van der Waals surface area contributed by atoms with E-state index in [4.69, 9.17) is 16.5 Å². The van der Waals surface area contributed by atoms with Crippen LogP contribution >= 0.6 is 11.8 Å². The molecule has 3 nitrogen and oxygen atoms in total. The first kappa shape index (κ1) is 16.0. The minimum absolute atomic E-state index is 0.0844. The fourth-order valence-electron chi connectivity index (χ4n) is 3.22. The van der Waals surface area contributed by atoms with Gasteiger partial charge in [0.15, 0.2) is 0 Å². The summed E-state index contributed by atoms with van der Waals surface area (Å²) in [6, 6.07) is 16.6. The maximum atomic E-state index is 12.4. The molecule has 1 aliphatic rings. The number of hydrogen-bond donors (Lipinski definition) is 1. The van der Waals surface area contributed by atoms with Crippen LogP contribution in [0.5, 0.6) is 0 Å². The van der Waals surface area contributed by atoms with Crippen molar-refractivity contribution in [3.05, 3.63) is 59.7 Å². The van der Waals surface area contributed by atoms with E-state index in [1.807, 2.05) is 25.1 Å². The second kappa shape index (κ2) is 7.16. The van der Waals surface area contributed by atoms with Crippen molar-refractivity contribution < 1.29 is 9.53 Å². The standard InChI is InChI=1S/C19H20ClNO2/c1-2-23-19(22)18-12-16(21-20)10-15-9-8-14(11-17(15)18)13-6-4-3-5-7-13/h3-9,11,16,18,21H,2,10,12H2,1H3/t16-,18+/m0/s1. The van der Waals surface area contributed by atoms with E-state index in [9.17, 15) is 4.79 Å². The zero-order valence-electron chi connectivity index (χ0n) is 13.1. The molecule has 1 N–H and O–H groups in total. The molecule has 3 rings (SSSR count). The molecule has 0 aliphatic heterocycles. The van der Waals surface area contributed by atoms with Crippen LogP contribution in [-0.4, -0.2) is 18.6 Å². The first-order valence-corrected chi connectivity index (χ1v) is 8.31. The Morgan fingerprint density at radius 2 is 2.00 bits per heavy atom. The average Bonchev–Trinajstić information content (AvgIpc) is 2.61. The number of rotatable bonds is 4. The number of hydrogen-bond acceptors (Lipinski definition) is 3. The van der Waals surface area contributed by atoms with Crippen molar-refractivity contribution in [2.45, 2.75) is 31.7 Å². The molecule has 23 heavy (non-hydrogen) atoms. The van der Waals surface area contributed by atoms with Gasteiger partial charge in [0.2, 0.25) is 0 Å². The Bertz CT molecular complexity index is 687. The van der Waals surface area contributed by atoms with E-state index in [1.165, 1.54) is 0 Å². The first-order valence-electron chi connectivity index (χ1n) is 7.94. The van der Waals surface area contributed by atoms with Crippen molar-refractivity contribution >= 4 is 17.7 Å². The Morgan fingerprint density at radius 3 is 2.70 bits per heavy atom. The van der Waals surface area contributed by atoms with E-state index >= 15 is 0 Å². The van der Waals surface area contributed by atoms with Crippen molar-refractivity contribution in [1.82, 2.24) is 4.84 Å². The summed E-state index contributed by atoms with van der Waals surface area (Å²) in [6.45, 7) is 2.22. The van der Waals surface area contributed by atoms with E-state index in [2.05, 4.69) is 35.2 Å². The van der Waals surface area contributed by atoms with Gasteiger partial charge in [0.05, 0.1) is 12.5 Å². The molecule has 0 unspecified atom stereocenters. The van der Waals surface area contributed by atoms with Gasteiger partial charge in [0.1, 0.15) is 0 Å². The van der Waals surface area contributed by atoms with Gasteiger partial charge in [-0.15, -0.1) is 0 Å². The third-order valence-electron chi connectivity index (χ3n) is 4.34. The summed E-state index contributed by atoms with van der Waals surface area (Å²) in [4.78, 5) is 15.2. The summed E-state index contributed by atoms with van der Waals surface area (Å²) in [5.41, 5.74) is 4.49. The maximum Gasteiger partial charge on any atom is 0.313 e. The zero-order valence-corrected chi connectivity index (χ0v) is 13.8. The second-order valence-electron chi connectivity index (χ2n) is 5.83. The van der Waals surface area contributed by atoms with Gasteiger partial charge >= 0.3 is 5.97 Å². The van der Waals surface area contributed by atoms with E-state index in [-0.39, 0.29) is 17.9 Å². The van der Waals surface area contributed by atoms with Crippen LogP contribution in [0.15, 0.2) is 48.5 Å². The fraction of sp³-hybridized carbons (Fsp3) is 0.316. The minimum Gasteiger partial charge on any atom is -0.466 e. The van der Waals surface area contributed by atoms with Gasteiger partial charge < -0.3 is 4.74 Å². The Kier molecular flexibility index (Phi) is 4.99. The second-order valence-corrected chi connectivity index (χ2v) is 6.05. The van der Waals surface area contributed by atoms with E-state index in [1.54, 1.807) is 0 Å². The van der Waals surface area contributed by atoms with Crippen LogP contribution < -0.4 is 4.84 Å². The highest BCUT2D eigenvalue weighted by Gasteiger charge is 2.32. The number of carbonyl (C=O) groups is 1. The van der Waals surface area contributed by atoms with Crippen molar-refractivity contribution in [3.63, 3.8) is 0 Å². The number of esters is 1. The molecule has 4 heteroatoms. The molecule has 1 aliphatic carbocycles. The Balaban J connectivity index is 2.00. The molecule has 0 bridgehead atoms. The summed E-state index contributed by atoms with van der Waals surface area (Å²) in [6.07, 6.45) is 1.48. The van der Waals surface area contributed by atoms with Crippen LogP contribution in [0, 0.1) is 0 Å². The highest BCUT2D eigenvalue weighted by atomic mass is 35.5. The predicted molar refractivity (Wildman–Crippen MR) is 92.3 cm³/mol. The molecule has 0 radical (unpaired) electrons. The van der Waals surface area contributed by atoms with Crippen molar-refractivity contribution in [2.75, 3.05) is 6.61 Å². The quantitative estimate of drug-likeness (QED) is 0.679. The highest BCUT2D eigenvalue weighted by Crippen LogP contribution is 2.35. The molecule has 0 saturated heterocycles. The van der Waals surface area contributed by atoms with Gasteiger partial charge in [0.25, 0.3) is 0 Å². The number of fused-ring (bicyclic) bond motifs is 1. The lowest BCUT2D eigenvalue weighted by atomic mass is 9.79. The lowest BCUT2D eigenvalue weighted by molar-refractivity contribution is -0.145. The van der Waals surface area contributed by atoms with Crippen LogP contribution in [0.3, 0.4) is 0 Å². The Labute approximate surface area is 141 Å². The Hall–Kier alpha value is -1.84. The number of carbonyl (C=O) groups excluding carboxylic acids is 1. The average molecular weight is 330 g/mol. The maximum absolute atomic E-state index is 12.4. The molecule has 2 atom stereocenters. The fourth-order valence-corrected chi connectivity index (χ4v) is 3.39. The van der Waals surface area contributed by atoms with E-state index in [0.29, 0.717) is 13.0 Å². The van der Waals surface area contributed by atoms with E-state index in [0.717, 1.165) is 28.7 Å². The first-order chi connectivity index (χ1) is 11.2. The molecular weight excluding hydrogens is 310 g/mol. The zero-order chi connectivity index (χ0) is 16.2. The Morgan fingerprint density at radius 1 is 1.22 bits per heavy atom. The predicted octanol–water partition coefficient (Wildman–Crippen LogP) is 4.06. The summed E-state index contributed by atoms with van der Waals surface area (Å²) in [5, 5.41) is 0. The molecule has 2 aromatic rings. The molecule has 0 aromatic heterocycles.